The minimum absolute atomic E-state index is 0.135. The first-order chi connectivity index (χ1) is 7.71. The first-order valence-electron chi connectivity index (χ1n) is 5.08. The van der Waals surface area contributed by atoms with Crippen LogP contribution in [-0.4, -0.2) is 15.7 Å². The third-order valence-electron chi connectivity index (χ3n) is 2.24. The van der Waals surface area contributed by atoms with Crippen LogP contribution < -0.4 is 0 Å². The number of ketones is 1. The molecule has 0 aliphatic carbocycles. The minimum atomic E-state index is -1.77. The van der Waals surface area contributed by atoms with Crippen molar-refractivity contribution < 1.29 is 17.8 Å². The van der Waals surface area contributed by atoms with Gasteiger partial charge >= 0.3 is 0 Å². The molecule has 0 saturated heterocycles. The number of halogens is 2. The van der Waals surface area contributed by atoms with Crippen molar-refractivity contribution >= 4 is 16.6 Å². The van der Waals surface area contributed by atoms with Gasteiger partial charge in [0.1, 0.15) is 11.6 Å². The topological polar surface area (TPSA) is 34.1 Å². The van der Waals surface area contributed by atoms with Crippen LogP contribution in [0.4, 0.5) is 8.78 Å². The first-order valence-corrected chi connectivity index (χ1v) is 6.40. The molecule has 17 heavy (non-hydrogen) atoms. The van der Waals surface area contributed by atoms with Crippen molar-refractivity contribution in [2.75, 3.05) is 5.75 Å². The summed E-state index contributed by atoms with van der Waals surface area (Å²) in [6.45, 7) is 5.11. The van der Waals surface area contributed by atoms with E-state index in [4.69, 9.17) is 0 Å². The Balaban J connectivity index is 2.88. The summed E-state index contributed by atoms with van der Waals surface area (Å²) >= 11 is 0. The summed E-state index contributed by atoms with van der Waals surface area (Å²) in [5.41, 5.74) is -0.619. The van der Waals surface area contributed by atoms with Gasteiger partial charge in [-0.05, 0) is 12.1 Å². The molecular formula is C12H14F2O2S. The fourth-order valence-electron chi connectivity index (χ4n) is 1.07. The summed E-state index contributed by atoms with van der Waals surface area (Å²) < 4.78 is 37.7. The van der Waals surface area contributed by atoms with Crippen LogP contribution in [0.15, 0.2) is 23.1 Å². The van der Waals surface area contributed by atoms with Crippen molar-refractivity contribution in [1.29, 1.82) is 0 Å². The van der Waals surface area contributed by atoms with Crippen molar-refractivity contribution in [2.24, 2.45) is 5.41 Å². The smallest absolute Gasteiger partial charge is 0.151 e. The molecule has 0 spiro atoms. The highest BCUT2D eigenvalue weighted by Gasteiger charge is 2.24. The molecule has 94 valence electrons. The maximum Gasteiger partial charge on any atom is 0.151 e. The van der Waals surface area contributed by atoms with Crippen LogP contribution in [0, 0.1) is 17.0 Å². The van der Waals surface area contributed by atoms with Crippen molar-refractivity contribution in [3.63, 3.8) is 0 Å². The summed E-state index contributed by atoms with van der Waals surface area (Å²) in [6.07, 6.45) is 0. The van der Waals surface area contributed by atoms with Crippen molar-refractivity contribution in [3.05, 3.63) is 29.8 Å². The summed E-state index contributed by atoms with van der Waals surface area (Å²) in [5.74, 6) is -2.10. The van der Waals surface area contributed by atoms with Crippen molar-refractivity contribution in [1.82, 2.24) is 0 Å². The van der Waals surface area contributed by atoms with Crippen LogP contribution >= 0.6 is 0 Å². The molecule has 0 saturated carbocycles. The summed E-state index contributed by atoms with van der Waals surface area (Å²) in [4.78, 5) is 11.5. The molecule has 5 heteroatoms. The van der Waals surface area contributed by atoms with E-state index in [1.807, 2.05) is 0 Å². The highest BCUT2D eigenvalue weighted by Crippen LogP contribution is 2.19. The molecule has 0 fully saturated rings. The van der Waals surface area contributed by atoms with E-state index in [2.05, 4.69) is 0 Å². The Morgan fingerprint density at radius 2 is 1.88 bits per heavy atom. The van der Waals surface area contributed by atoms with E-state index < -0.39 is 27.8 Å². The second-order valence-electron chi connectivity index (χ2n) is 4.74. The molecule has 1 atom stereocenters. The monoisotopic (exact) mass is 260 g/mol. The molecule has 0 N–H and O–H groups in total. The molecule has 1 aromatic carbocycles. The zero-order valence-electron chi connectivity index (χ0n) is 9.92. The number of benzene rings is 1. The third-order valence-corrected chi connectivity index (χ3v) is 3.58. The molecule has 1 rings (SSSR count). The minimum Gasteiger partial charge on any atom is -0.298 e. The fraction of sp³-hybridized carbons (Fsp3) is 0.417. The van der Waals surface area contributed by atoms with Crippen molar-refractivity contribution in [3.8, 4) is 0 Å². The van der Waals surface area contributed by atoms with Crippen LogP contribution in [0.3, 0.4) is 0 Å². The summed E-state index contributed by atoms with van der Waals surface area (Å²) in [6, 6.07) is 2.80. The maximum atomic E-state index is 13.3. The fourth-order valence-corrected chi connectivity index (χ4v) is 2.40. The molecule has 0 aliphatic rings. The quantitative estimate of drug-likeness (QED) is 0.837. The largest absolute Gasteiger partial charge is 0.298 e. The van der Waals surface area contributed by atoms with E-state index in [0.29, 0.717) is 6.07 Å². The zero-order valence-corrected chi connectivity index (χ0v) is 10.7. The first kappa shape index (κ1) is 14.0. The van der Waals surface area contributed by atoms with Gasteiger partial charge in [0, 0.05) is 11.5 Å². The second kappa shape index (κ2) is 5.04. The van der Waals surface area contributed by atoms with Crippen molar-refractivity contribution in [2.45, 2.75) is 25.7 Å². The molecule has 0 aromatic heterocycles. The molecular weight excluding hydrogens is 246 g/mol. The van der Waals surface area contributed by atoms with Gasteiger partial charge in [0.2, 0.25) is 0 Å². The van der Waals surface area contributed by atoms with E-state index in [9.17, 15) is 17.8 Å². The number of Topliss-reactive ketones (excluding diaryl/α,β-unsaturated/α-hetero) is 1. The highest BCUT2D eigenvalue weighted by atomic mass is 32.2. The molecule has 2 nitrogen and oxygen atoms in total. The van der Waals surface area contributed by atoms with E-state index in [1.54, 1.807) is 20.8 Å². The van der Waals surface area contributed by atoms with Gasteiger partial charge in [-0.2, -0.15) is 0 Å². The molecule has 1 unspecified atom stereocenters. The van der Waals surface area contributed by atoms with E-state index >= 15 is 0 Å². The van der Waals surface area contributed by atoms with Gasteiger partial charge in [-0.1, -0.05) is 20.8 Å². The molecule has 0 aliphatic heterocycles. The zero-order chi connectivity index (χ0) is 13.2. The summed E-state index contributed by atoms with van der Waals surface area (Å²) in [5, 5.41) is 0. The Bertz CT molecular complexity index is 464. The lowest BCUT2D eigenvalue weighted by molar-refractivity contribution is -0.123. The van der Waals surface area contributed by atoms with E-state index in [1.165, 1.54) is 0 Å². The molecule has 0 bridgehead atoms. The summed E-state index contributed by atoms with van der Waals surface area (Å²) in [7, 11) is -1.77. The average Bonchev–Trinajstić information content (AvgIpc) is 2.15. The van der Waals surface area contributed by atoms with Crippen LogP contribution in [0.1, 0.15) is 20.8 Å². The number of carbonyl (C=O) groups is 1. The Labute approximate surface area is 101 Å². The SMILES string of the molecule is CC(C)(C)C(=O)CS(=O)c1ccc(F)cc1F. The van der Waals surface area contributed by atoms with Gasteiger partial charge in [-0.25, -0.2) is 8.78 Å². The lowest BCUT2D eigenvalue weighted by atomic mass is 9.92. The Morgan fingerprint density at radius 3 is 2.35 bits per heavy atom. The molecule has 0 radical (unpaired) electrons. The Hall–Kier alpha value is -1.10. The number of hydrogen-bond donors (Lipinski definition) is 0. The van der Waals surface area contributed by atoms with E-state index in [0.717, 1.165) is 12.1 Å². The van der Waals surface area contributed by atoms with Gasteiger partial charge in [-0.15, -0.1) is 0 Å². The van der Waals surface area contributed by atoms with Crippen LogP contribution in [0.5, 0.6) is 0 Å². The highest BCUT2D eigenvalue weighted by molar-refractivity contribution is 7.85. The predicted octanol–water partition coefficient (Wildman–Crippen LogP) is 2.69. The van der Waals surface area contributed by atoms with Gasteiger partial charge in [0.25, 0.3) is 0 Å². The van der Waals surface area contributed by atoms with Gasteiger partial charge < -0.3 is 0 Å². The number of carbonyl (C=O) groups excluding carboxylic acids is 1. The molecule has 0 amide bonds. The average molecular weight is 260 g/mol. The normalized spacial score (nSPS) is 13.5. The lowest BCUT2D eigenvalue weighted by Gasteiger charge is -2.16. The second-order valence-corrected chi connectivity index (χ2v) is 6.16. The molecule has 1 aromatic rings. The Morgan fingerprint density at radius 1 is 1.29 bits per heavy atom. The predicted molar refractivity (Wildman–Crippen MR) is 62.1 cm³/mol. The maximum absolute atomic E-state index is 13.3. The third kappa shape index (κ3) is 3.70. The molecule has 0 heterocycles. The van der Waals surface area contributed by atoms with Crippen LogP contribution in [0.25, 0.3) is 0 Å². The lowest BCUT2D eigenvalue weighted by Crippen LogP contribution is -2.26. The standard InChI is InChI=1S/C12H14F2O2S/c1-12(2,3)11(15)7-17(16)10-5-4-8(13)6-9(10)14/h4-6H,7H2,1-3H3. The Kier molecular flexibility index (Phi) is 4.14. The van der Waals surface area contributed by atoms with Crippen LogP contribution in [0.2, 0.25) is 0 Å². The van der Waals surface area contributed by atoms with Gasteiger partial charge in [-0.3, -0.25) is 9.00 Å². The van der Waals surface area contributed by atoms with Gasteiger partial charge in [0.05, 0.1) is 21.4 Å². The van der Waals surface area contributed by atoms with Crippen LogP contribution in [-0.2, 0) is 15.6 Å². The van der Waals surface area contributed by atoms with Gasteiger partial charge in [0.15, 0.2) is 5.78 Å². The number of rotatable bonds is 3. The van der Waals surface area contributed by atoms with E-state index in [-0.39, 0.29) is 16.4 Å². The number of hydrogen-bond acceptors (Lipinski definition) is 2.